The summed E-state index contributed by atoms with van der Waals surface area (Å²) in [6.07, 6.45) is 5.27. The van der Waals surface area contributed by atoms with E-state index in [1.165, 1.54) is 0 Å². The molecule has 2 bridgehead atoms. The van der Waals surface area contributed by atoms with Gasteiger partial charge in [-0.05, 0) is 88.5 Å². The second-order valence-corrected chi connectivity index (χ2v) is 14.8. The number of hydrogen-bond acceptors (Lipinski definition) is 10. The summed E-state index contributed by atoms with van der Waals surface area (Å²) in [5.74, 6) is 0.753. The summed E-state index contributed by atoms with van der Waals surface area (Å²) < 4.78 is 16.6. The molecule has 298 valence electrons. The number of nitrogens with zero attached hydrogens (tertiary/aromatic N) is 3. The number of carbonyl (C=O) groups is 4. The molecule has 0 radical (unpaired) electrons. The van der Waals surface area contributed by atoms with E-state index in [1.807, 2.05) is 43.3 Å². The Bertz CT molecular complexity index is 1710. The van der Waals surface area contributed by atoms with Crippen LogP contribution in [-0.4, -0.2) is 102 Å². The van der Waals surface area contributed by atoms with E-state index in [-0.39, 0.29) is 61.8 Å². The number of ether oxygens (including phenoxy) is 2. The molecule has 1 aromatic heterocycles. The fraction of sp³-hybridized carbons (Fsp3) is 0.561. The van der Waals surface area contributed by atoms with Crippen LogP contribution in [0.5, 0.6) is 5.75 Å². The number of fused-ring (bicyclic) bond motifs is 17. The summed E-state index contributed by atoms with van der Waals surface area (Å²) in [6, 6.07) is 15.1. The van der Waals surface area contributed by atoms with E-state index in [2.05, 4.69) is 26.1 Å². The number of rotatable bonds is 10. The zero-order chi connectivity index (χ0) is 39.0. The minimum Gasteiger partial charge on any atom is -0.484 e. The lowest BCUT2D eigenvalue weighted by atomic mass is 9.77. The molecule has 1 aliphatic carbocycles. The van der Waals surface area contributed by atoms with Gasteiger partial charge in [0.2, 0.25) is 29.4 Å². The number of carbonyl (C=O) groups excluding carboxylic acids is 4. The predicted molar refractivity (Wildman–Crippen MR) is 205 cm³/mol. The summed E-state index contributed by atoms with van der Waals surface area (Å²) in [6.45, 7) is 3.36. The summed E-state index contributed by atoms with van der Waals surface area (Å²) >= 11 is 0. The number of aliphatic hydroxyl groups is 1. The molecule has 1 fully saturated rings. The summed E-state index contributed by atoms with van der Waals surface area (Å²) in [5.41, 5.74) is 1.80. The summed E-state index contributed by atoms with van der Waals surface area (Å²) in [4.78, 5) is 59.9. The first-order chi connectivity index (χ1) is 26.6. The van der Waals surface area contributed by atoms with Gasteiger partial charge in [-0.25, -0.2) is 0 Å². The zero-order valence-electron chi connectivity index (χ0n) is 32.1. The predicted octanol–water partition coefficient (Wildman–Crippen LogP) is 3.68. The van der Waals surface area contributed by atoms with Crippen LogP contribution in [-0.2, 0) is 36.8 Å². The van der Waals surface area contributed by atoms with Crippen molar-refractivity contribution in [2.75, 3.05) is 46.5 Å². The fourth-order valence-corrected chi connectivity index (χ4v) is 7.12. The Balaban J connectivity index is 1.24. The smallest absolute Gasteiger partial charge is 0.257 e. The molecule has 3 aromatic rings. The first-order valence-corrected chi connectivity index (χ1v) is 19.5. The second kappa shape index (κ2) is 20.7. The molecule has 2 aliphatic heterocycles. The van der Waals surface area contributed by atoms with Crippen LogP contribution in [0.3, 0.4) is 0 Å². The molecule has 0 spiro atoms. The van der Waals surface area contributed by atoms with E-state index in [4.69, 9.17) is 14.0 Å². The number of amides is 4. The number of nitrogens with one attached hydrogen (secondary N) is 3. The van der Waals surface area contributed by atoms with Crippen molar-refractivity contribution in [3.63, 3.8) is 0 Å². The van der Waals surface area contributed by atoms with E-state index in [0.717, 1.165) is 16.7 Å². The number of benzene rings is 2. The normalized spacial score (nSPS) is 21.9. The van der Waals surface area contributed by atoms with Gasteiger partial charge < -0.3 is 40.0 Å². The Morgan fingerprint density at radius 1 is 1.04 bits per heavy atom. The van der Waals surface area contributed by atoms with Crippen LogP contribution >= 0.6 is 0 Å². The Hall–Kier alpha value is -4.82. The van der Waals surface area contributed by atoms with E-state index in [9.17, 15) is 24.3 Å². The molecular formula is C41H56N6O8. The van der Waals surface area contributed by atoms with Gasteiger partial charge in [-0.1, -0.05) is 41.1 Å². The number of methoxy groups -OCH3 is 1. The maximum Gasteiger partial charge on any atom is 0.257 e. The van der Waals surface area contributed by atoms with Gasteiger partial charge in [-0.3, -0.25) is 19.2 Å². The summed E-state index contributed by atoms with van der Waals surface area (Å²) in [7, 11) is 1.58. The highest BCUT2D eigenvalue weighted by Gasteiger charge is 2.40. The molecule has 4 amide bonds. The topological polar surface area (TPSA) is 185 Å². The first-order valence-electron chi connectivity index (χ1n) is 19.5. The van der Waals surface area contributed by atoms with Gasteiger partial charge in [0.05, 0.1) is 11.5 Å². The lowest BCUT2D eigenvalue weighted by Gasteiger charge is -2.36. The molecule has 14 nitrogen and oxygen atoms in total. The van der Waals surface area contributed by atoms with Gasteiger partial charge in [-0.2, -0.15) is 4.98 Å². The Morgan fingerprint density at radius 3 is 2.58 bits per heavy atom. The molecule has 2 aromatic carbocycles. The average molecular weight is 761 g/mol. The molecule has 3 aliphatic rings. The molecule has 3 heterocycles. The van der Waals surface area contributed by atoms with Gasteiger partial charge in [0.25, 0.3) is 5.91 Å². The molecule has 0 saturated heterocycles. The van der Waals surface area contributed by atoms with E-state index >= 15 is 0 Å². The van der Waals surface area contributed by atoms with Crippen LogP contribution < -0.4 is 20.7 Å². The Morgan fingerprint density at radius 2 is 1.82 bits per heavy atom. The number of aliphatic hydroxyl groups excluding tert-OH is 1. The maximum absolute atomic E-state index is 14.2. The number of aryl methyl sites for hydroxylation is 2. The minimum absolute atomic E-state index is 0.0656. The SMILES string of the molecule is COCCC1(C(=O)NC2CCC(O)CC2)CNC(=O)CCCN(C(=O)CCCc2nc(-c3cccc(C)c3)no2)CCCNC(=O)COc2ccc(cc2)C1. The quantitative estimate of drug-likeness (QED) is 0.238. The molecule has 4 N–H and O–H groups in total. The van der Waals surface area contributed by atoms with E-state index < -0.39 is 5.41 Å². The van der Waals surface area contributed by atoms with Crippen molar-refractivity contribution < 1.29 is 38.3 Å². The molecule has 6 rings (SSSR count). The monoisotopic (exact) mass is 760 g/mol. The third kappa shape index (κ3) is 12.9. The van der Waals surface area contributed by atoms with Crippen LogP contribution in [0.4, 0.5) is 0 Å². The standard InChI is InChI=1S/C41H56N6O8/c1-29-7-3-8-31(25-29)39-45-37(55-46-39)10-4-11-38(51)47-22-5-9-35(49)43-28-41(20-24-53-2,40(52)44-32-14-16-33(48)17-15-32)26-30-12-18-34(19-13-30)54-27-36(50)42-21-6-23-47/h3,7-8,12-13,18-19,25,32-33,48H,4-6,9-11,14-17,20-24,26-28H2,1-2H3,(H,42,50)(H,43,49)(H,44,52). The molecule has 1 atom stereocenters. The van der Waals surface area contributed by atoms with Crippen LogP contribution in [0, 0.1) is 12.3 Å². The van der Waals surface area contributed by atoms with E-state index in [1.54, 1.807) is 24.1 Å². The van der Waals surface area contributed by atoms with Crippen molar-refractivity contribution in [1.29, 1.82) is 0 Å². The third-order valence-electron chi connectivity index (χ3n) is 10.4. The molecule has 1 saturated carbocycles. The number of hydrogen-bond donors (Lipinski definition) is 4. The van der Waals surface area contributed by atoms with Crippen LogP contribution in [0.25, 0.3) is 11.4 Å². The molecule has 14 heteroatoms. The lowest BCUT2D eigenvalue weighted by Crippen LogP contribution is -2.53. The van der Waals surface area contributed by atoms with Crippen LogP contribution in [0.15, 0.2) is 53.1 Å². The highest BCUT2D eigenvalue weighted by atomic mass is 16.5. The second-order valence-electron chi connectivity index (χ2n) is 14.8. The average Bonchev–Trinajstić information content (AvgIpc) is 3.66. The molecular weight excluding hydrogens is 704 g/mol. The van der Waals surface area contributed by atoms with Crippen molar-refractivity contribution in [2.24, 2.45) is 5.41 Å². The highest BCUT2D eigenvalue weighted by molar-refractivity contribution is 5.85. The fourth-order valence-electron chi connectivity index (χ4n) is 7.12. The van der Waals surface area contributed by atoms with Crippen LogP contribution in [0.2, 0.25) is 0 Å². The van der Waals surface area contributed by atoms with E-state index in [0.29, 0.717) is 108 Å². The minimum atomic E-state index is -1.02. The zero-order valence-corrected chi connectivity index (χ0v) is 32.1. The molecule has 1 unspecified atom stereocenters. The Kier molecular flexibility index (Phi) is 15.6. The first kappa shape index (κ1) is 41.3. The largest absolute Gasteiger partial charge is 0.484 e. The van der Waals surface area contributed by atoms with Gasteiger partial charge >= 0.3 is 0 Å². The number of aromatic nitrogens is 2. The third-order valence-corrected chi connectivity index (χ3v) is 10.4. The van der Waals surface area contributed by atoms with Crippen molar-refractivity contribution in [3.8, 4) is 17.1 Å². The van der Waals surface area contributed by atoms with Gasteiger partial charge in [0, 0.05) is 70.8 Å². The van der Waals surface area contributed by atoms with Gasteiger partial charge in [0.1, 0.15) is 5.75 Å². The molecule has 55 heavy (non-hydrogen) atoms. The van der Waals surface area contributed by atoms with Crippen molar-refractivity contribution in [3.05, 3.63) is 65.5 Å². The van der Waals surface area contributed by atoms with Crippen molar-refractivity contribution in [1.82, 2.24) is 31.0 Å². The maximum atomic E-state index is 14.2. The van der Waals surface area contributed by atoms with Crippen LogP contribution in [0.1, 0.15) is 81.2 Å². The lowest BCUT2D eigenvalue weighted by molar-refractivity contribution is -0.134. The Labute approximate surface area is 323 Å². The summed E-state index contributed by atoms with van der Waals surface area (Å²) in [5, 5.41) is 23.2. The van der Waals surface area contributed by atoms with Gasteiger partial charge in [0.15, 0.2) is 6.61 Å². The van der Waals surface area contributed by atoms with Crippen molar-refractivity contribution >= 4 is 23.6 Å². The van der Waals surface area contributed by atoms with Crippen molar-refractivity contribution in [2.45, 2.75) is 96.1 Å². The van der Waals surface area contributed by atoms with Gasteiger partial charge in [-0.15, -0.1) is 0 Å². The highest BCUT2D eigenvalue weighted by Crippen LogP contribution is 2.30.